The molecule has 7 heavy (non-hydrogen) atoms. The van der Waals surface area contributed by atoms with Crippen LogP contribution in [0.2, 0.25) is 0 Å². The Bertz CT molecular complexity index is 54.1. The van der Waals surface area contributed by atoms with E-state index in [-0.39, 0.29) is 45.7 Å². The summed E-state index contributed by atoms with van der Waals surface area (Å²) in [5, 5.41) is 0. The van der Waals surface area contributed by atoms with Crippen molar-refractivity contribution in [2.75, 3.05) is 7.11 Å². The standard InChI is InChI=1S/C3H6O2.Ce.O/c1-3(4)5-2;;/h1-2H3;;. The van der Waals surface area contributed by atoms with Gasteiger partial charge in [0.15, 0.2) is 0 Å². The number of methoxy groups -OCH3 is 1. The molecule has 0 N–H and O–H groups in total. The van der Waals surface area contributed by atoms with E-state index in [1.54, 1.807) is 0 Å². The number of carbonyl (C=O) groups is 1. The van der Waals surface area contributed by atoms with Gasteiger partial charge in [-0.3, -0.25) is 4.79 Å². The first-order valence-electron chi connectivity index (χ1n) is 1.52. The van der Waals surface area contributed by atoms with Gasteiger partial charge in [0, 0.05) is 6.92 Å². The molecule has 3 nitrogen and oxygen atoms in total. The fourth-order valence-electron chi connectivity index (χ4n) is 0. The number of hydrogen-bond acceptors (Lipinski definition) is 3. The fourth-order valence-corrected chi connectivity index (χ4v) is 0. The molecule has 0 unspecified atom stereocenters. The minimum absolute atomic E-state index is 0.0556. The molecular formula is C3H6CeO3. The van der Waals surface area contributed by atoms with Crippen LogP contribution in [0.25, 0.3) is 0 Å². The number of carbonyl (C=O) groups excluding carboxylic acids is 1. The molecule has 0 radical (unpaired) electrons. The van der Waals surface area contributed by atoms with Gasteiger partial charge < -0.3 is 4.74 Å². The normalized spacial score (nSPS) is 5.29. The van der Waals surface area contributed by atoms with Crippen molar-refractivity contribution in [1.29, 1.82) is 0 Å². The van der Waals surface area contributed by atoms with Crippen molar-refractivity contribution >= 4 is 5.97 Å². The average molecular weight is 230 g/mol. The van der Waals surface area contributed by atoms with E-state index in [4.69, 9.17) is 0.938 Å². The van der Waals surface area contributed by atoms with E-state index in [2.05, 4.69) is 4.74 Å². The molecule has 0 aromatic rings. The van der Waals surface area contributed by atoms with E-state index in [9.17, 15) is 4.79 Å². The van der Waals surface area contributed by atoms with Crippen LogP contribution in [0.1, 0.15) is 6.92 Å². The van der Waals surface area contributed by atoms with Crippen molar-refractivity contribution in [2.45, 2.75) is 6.92 Å². The Balaban J connectivity index is 0. The first-order chi connectivity index (χ1) is 3.27. The Hall–Kier alpha value is 0.647. The molecule has 0 spiro atoms. The second-order valence-corrected chi connectivity index (χ2v) is 0.696. The Labute approximate surface area is 69.6 Å². The maximum absolute atomic E-state index is 9.59. The summed E-state index contributed by atoms with van der Waals surface area (Å²) >= 11 is 0.0556. The first-order valence-corrected chi connectivity index (χ1v) is 2.80. The molecule has 0 aromatic carbocycles. The van der Waals surface area contributed by atoms with Gasteiger partial charge in [0.05, 0.1) is 7.11 Å². The molecule has 0 aliphatic rings. The zero-order valence-corrected chi connectivity index (χ0v) is 7.36. The van der Waals surface area contributed by atoms with Crippen LogP contribution < -0.4 is 0 Å². The van der Waals surface area contributed by atoms with Gasteiger partial charge in [0.25, 0.3) is 0 Å². The molecule has 0 saturated carbocycles. The molecule has 0 bridgehead atoms. The predicted octanol–water partition coefficient (Wildman–Crippen LogP) is 0.0605. The molecule has 0 aliphatic heterocycles. The maximum atomic E-state index is 9.59. The van der Waals surface area contributed by atoms with Crippen LogP contribution in [0.5, 0.6) is 0 Å². The van der Waals surface area contributed by atoms with Gasteiger partial charge in [0.1, 0.15) is 0 Å². The van der Waals surface area contributed by atoms with E-state index in [1.807, 2.05) is 0 Å². The summed E-state index contributed by atoms with van der Waals surface area (Å²) in [6, 6.07) is 0. The number of rotatable bonds is 0. The summed E-state index contributed by atoms with van der Waals surface area (Å²) in [5.74, 6) is -0.245. The molecule has 0 aliphatic carbocycles. The zero-order chi connectivity index (χ0) is 6.28. The topological polar surface area (TPSA) is 43.4 Å². The van der Waals surface area contributed by atoms with Gasteiger partial charge in [-0.1, -0.05) is 0 Å². The first kappa shape index (κ1) is 10.6. The molecule has 0 heterocycles. The molecule has 0 atom stereocenters. The van der Waals surface area contributed by atoms with Gasteiger partial charge in [-0.2, -0.15) is 0 Å². The van der Waals surface area contributed by atoms with E-state index in [0.717, 1.165) is 0 Å². The zero-order valence-electron chi connectivity index (χ0n) is 4.22. The van der Waals surface area contributed by atoms with Crippen molar-refractivity contribution in [3.63, 3.8) is 0 Å². The van der Waals surface area contributed by atoms with Crippen molar-refractivity contribution in [2.24, 2.45) is 0 Å². The van der Waals surface area contributed by atoms with Crippen molar-refractivity contribution in [3.05, 3.63) is 0 Å². The summed E-state index contributed by atoms with van der Waals surface area (Å²) in [4.78, 5) is 9.59. The van der Waals surface area contributed by atoms with E-state index < -0.39 is 0 Å². The van der Waals surface area contributed by atoms with Crippen LogP contribution in [0.15, 0.2) is 0 Å². The Kier molecular flexibility index (Phi) is 14.9. The van der Waals surface area contributed by atoms with Gasteiger partial charge in [-0.05, 0) is 0 Å². The second kappa shape index (κ2) is 9.82. The van der Waals surface area contributed by atoms with Crippen LogP contribution in [0.3, 0.4) is 0 Å². The predicted molar refractivity (Wildman–Crippen MR) is 18.4 cm³/mol. The van der Waals surface area contributed by atoms with Gasteiger partial charge in [-0.15, -0.1) is 0 Å². The van der Waals surface area contributed by atoms with Crippen LogP contribution >= 0.6 is 0 Å². The Morgan fingerprint density at radius 1 is 1.57 bits per heavy atom. The molecule has 0 saturated heterocycles. The van der Waals surface area contributed by atoms with Crippen molar-refractivity contribution in [3.8, 4) is 0 Å². The van der Waals surface area contributed by atoms with Crippen LogP contribution in [-0.4, -0.2) is 13.1 Å². The molecule has 0 fully saturated rings. The molecule has 4 heteroatoms. The summed E-state index contributed by atoms with van der Waals surface area (Å²) in [6.07, 6.45) is 0. The van der Waals surface area contributed by atoms with Crippen LogP contribution in [-0.2, 0) is 10.5 Å². The van der Waals surface area contributed by atoms with Gasteiger partial charge in [0.2, 0.25) is 0 Å². The Morgan fingerprint density at radius 3 is 1.71 bits per heavy atom. The van der Waals surface area contributed by atoms with Gasteiger partial charge >= 0.3 is 46.7 Å². The number of hydrogen-bond donors (Lipinski definition) is 0. The molecule has 0 rings (SSSR count). The van der Waals surface area contributed by atoms with E-state index in [1.165, 1.54) is 14.0 Å². The summed E-state index contributed by atoms with van der Waals surface area (Å²) in [6.45, 7) is 1.36. The second-order valence-electron chi connectivity index (χ2n) is 0.696. The molecule has 0 amide bonds. The summed E-state index contributed by atoms with van der Waals surface area (Å²) in [5.41, 5.74) is 0. The summed E-state index contributed by atoms with van der Waals surface area (Å²) < 4.78 is 12.5. The third-order valence-electron chi connectivity index (χ3n) is 0.287. The number of esters is 1. The summed E-state index contributed by atoms with van der Waals surface area (Å²) in [7, 11) is 1.35. The average Bonchev–Trinajstić information content (AvgIpc) is 1.73. The monoisotopic (exact) mass is 230 g/mol. The molecule has 0 aromatic heterocycles. The quantitative estimate of drug-likeness (QED) is 0.553. The number of ether oxygens (including phenoxy) is 1. The third-order valence-corrected chi connectivity index (χ3v) is 0.287. The minimum atomic E-state index is -0.245. The molecular weight excluding hydrogens is 224 g/mol. The Morgan fingerprint density at radius 2 is 1.71 bits per heavy atom. The van der Waals surface area contributed by atoms with E-state index >= 15 is 0 Å². The van der Waals surface area contributed by atoms with Crippen LogP contribution in [0, 0.1) is 39.8 Å². The fraction of sp³-hybridized carbons (Fsp3) is 0.667. The third kappa shape index (κ3) is 20.5. The van der Waals surface area contributed by atoms with Crippen molar-refractivity contribution < 1.29 is 50.2 Å². The van der Waals surface area contributed by atoms with Crippen LogP contribution in [0.4, 0.5) is 0 Å². The SMILES string of the molecule is COC(C)=O.[O]=[Ce]. The molecule has 40 valence electrons. The van der Waals surface area contributed by atoms with Crippen molar-refractivity contribution in [1.82, 2.24) is 0 Å². The van der Waals surface area contributed by atoms with E-state index in [0.29, 0.717) is 0 Å². The van der Waals surface area contributed by atoms with Gasteiger partial charge in [-0.25, -0.2) is 0 Å².